The molecule has 0 aliphatic heterocycles. The molecule has 0 N–H and O–H groups in total. The van der Waals surface area contributed by atoms with E-state index >= 15 is 0 Å². The van der Waals surface area contributed by atoms with Crippen molar-refractivity contribution in [3.8, 4) is 0 Å². The van der Waals surface area contributed by atoms with Crippen molar-refractivity contribution in [1.29, 1.82) is 0 Å². The Kier molecular flexibility index (Phi) is 52.4. The Morgan fingerprint density at radius 1 is 0.359 bits per heavy atom. The third-order valence-corrected chi connectivity index (χ3v) is 11.7. The molecule has 0 saturated carbocycles. The topological polar surface area (TPSA) is 61.8 Å². The van der Waals surface area contributed by atoms with E-state index in [9.17, 15) is 9.59 Å². The SMILES string of the molecule is CC/C=C\C/C=C\C/C=C\C/C=C\C/C=C\CCCCCCOCC(COC(=O)CCCCCCC/C=C\CCCCCCCC)OC(=O)CCCCCCCCCCCCCCC. The molecule has 5 heteroatoms. The number of hydrogen-bond donors (Lipinski definition) is 0. The molecular formula is C59H104O5. The molecule has 0 fully saturated rings. The molecule has 0 aliphatic carbocycles. The van der Waals surface area contributed by atoms with Gasteiger partial charge in [0, 0.05) is 19.4 Å². The summed E-state index contributed by atoms with van der Waals surface area (Å²) >= 11 is 0. The third kappa shape index (κ3) is 52.0. The summed E-state index contributed by atoms with van der Waals surface area (Å²) in [7, 11) is 0. The molecule has 0 amide bonds. The van der Waals surface area contributed by atoms with Crippen LogP contribution in [0.15, 0.2) is 72.9 Å². The van der Waals surface area contributed by atoms with Crippen LogP contribution in [0.3, 0.4) is 0 Å². The molecule has 0 saturated heterocycles. The first-order valence-electron chi connectivity index (χ1n) is 27.5. The lowest BCUT2D eigenvalue weighted by atomic mass is 10.0. The Morgan fingerprint density at radius 2 is 0.703 bits per heavy atom. The molecule has 0 aromatic carbocycles. The van der Waals surface area contributed by atoms with Crippen molar-refractivity contribution < 1.29 is 23.8 Å². The summed E-state index contributed by atoms with van der Waals surface area (Å²) in [6.07, 6.45) is 70.6. The van der Waals surface area contributed by atoms with Crippen molar-refractivity contribution in [1.82, 2.24) is 0 Å². The maximum Gasteiger partial charge on any atom is 0.306 e. The first kappa shape index (κ1) is 61.3. The van der Waals surface area contributed by atoms with Gasteiger partial charge < -0.3 is 14.2 Å². The second-order valence-electron chi connectivity index (χ2n) is 18.1. The highest BCUT2D eigenvalue weighted by Crippen LogP contribution is 2.15. The van der Waals surface area contributed by atoms with Crippen molar-refractivity contribution in [2.24, 2.45) is 0 Å². The van der Waals surface area contributed by atoms with Gasteiger partial charge in [-0.3, -0.25) is 9.59 Å². The molecule has 0 aromatic rings. The van der Waals surface area contributed by atoms with Gasteiger partial charge in [-0.2, -0.15) is 0 Å². The Morgan fingerprint density at radius 3 is 1.14 bits per heavy atom. The molecule has 1 unspecified atom stereocenters. The summed E-state index contributed by atoms with van der Waals surface area (Å²) in [4.78, 5) is 25.4. The zero-order valence-electron chi connectivity index (χ0n) is 42.5. The maximum atomic E-state index is 12.8. The second kappa shape index (κ2) is 54.7. The molecule has 370 valence electrons. The normalized spacial score (nSPS) is 12.7. The number of esters is 2. The zero-order chi connectivity index (χ0) is 46.3. The third-order valence-electron chi connectivity index (χ3n) is 11.7. The van der Waals surface area contributed by atoms with Crippen LogP contribution in [0.2, 0.25) is 0 Å². The molecule has 0 heterocycles. The van der Waals surface area contributed by atoms with Crippen LogP contribution in [0.1, 0.15) is 265 Å². The smallest absolute Gasteiger partial charge is 0.306 e. The molecule has 0 radical (unpaired) electrons. The average Bonchev–Trinajstić information content (AvgIpc) is 3.30. The van der Waals surface area contributed by atoms with Crippen molar-refractivity contribution in [3.05, 3.63) is 72.9 Å². The number of ether oxygens (including phenoxy) is 3. The summed E-state index contributed by atoms with van der Waals surface area (Å²) < 4.78 is 17.4. The Labute approximate surface area is 397 Å². The fourth-order valence-corrected chi connectivity index (χ4v) is 7.65. The van der Waals surface area contributed by atoms with Crippen LogP contribution in [0.25, 0.3) is 0 Å². The summed E-state index contributed by atoms with van der Waals surface area (Å²) in [5, 5.41) is 0. The Bertz CT molecular complexity index is 1150. The van der Waals surface area contributed by atoms with Crippen molar-refractivity contribution in [2.75, 3.05) is 19.8 Å². The summed E-state index contributed by atoms with van der Waals surface area (Å²) in [5.74, 6) is -0.414. The largest absolute Gasteiger partial charge is 0.462 e. The van der Waals surface area contributed by atoms with E-state index in [4.69, 9.17) is 14.2 Å². The Hall–Kier alpha value is -2.66. The molecule has 0 bridgehead atoms. The average molecular weight is 893 g/mol. The van der Waals surface area contributed by atoms with Gasteiger partial charge in [-0.25, -0.2) is 0 Å². The highest BCUT2D eigenvalue weighted by atomic mass is 16.6. The van der Waals surface area contributed by atoms with E-state index in [0.717, 1.165) is 89.9 Å². The monoisotopic (exact) mass is 893 g/mol. The van der Waals surface area contributed by atoms with Gasteiger partial charge in [0.15, 0.2) is 6.10 Å². The van der Waals surface area contributed by atoms with Crippen molar-refractivity contribution >= 4 is 11.9 Å². The minimum Gasteiger partial charge on any atom is -0.462 e. The van der Waals surface area contributed by atoms with E-state index in [1.807, 2.05) is 0 Å². The number of hydrogen-bond acceptors (Lipinski definition) is 5. The molecule has 1 atom stereocenters. The van der Waals surface area contributed by atoms with Crippen LogP contribution < -0.4 is 0 Å². The molecular weight excluding hydrogens is 789 g/mol. The fraction of sp³-hybridized carbons (Fsp3) is 0.763. The van der Waals surface area contributed by atoms with Crippen molar-refractivity contribution in [2.45, 2.75) is 271 Å². The van der Waals surface area contributed by atoms with E-state index in [2.05, 4.69) is 93.7 Å². The molecule has 64 heavy (non-hydrogen) atoms. The van der Waals surface area contributed by atoms with Crippen LogP contribution in [0, 0.1) is 0 Å². The molecule has 5 nitrogen and oxygen atoms in total. The van der Waals surface area contributed by atoms with E-state index < -0.39 is 6.10 Å². The van der Waals surface area contributed by atoms with E-state index in [1.54, 1.807) is 0 Å². The van der Waals surface area contributed by atoms with Gasteiger partial charge in [0.25, 0.3) is 0 Å². The van der Waals surface area contributed by atoms with Crippen molar-refractivity contribution in [3.63, 3.8) is 0 Å². The van der Waals surface area contributed by atoms with Crippen LogP contribution in [0.4, 0.5) is 0 Å². The minimum absolute atomic E-state index is 0.0709. The highest BCUT2D eigenvalue weighted by molar-refractivity contribution is 5.70. The minimum atomic E-state index is -0.553. The highest BCUT2D eigenvalue weighted by Gasteiger charge is 2.17. The van der Waals surface area contributed by atoms with E-state index in [0.29, 0.717) is 19.4 Å². The zero-order valence-corrected chi connectivity index (χ0v) is 42.5. The lowest BCUT2D eigenvalue weighted by molar-refractivity contribution is -0.163. The van der Waals surface area contributed by atoms with Gasteiger partial charge in [-0.1, -0.05) is 235 Å². The van der Waals surface area contributed by atoms with Gasteiger partial charge in [0.2, 0.25) is 0 Å². The number of allylic oxidation sites excluding steroid dienone is 12. The molecule has 0 spiro atoms. The van der Waals surface area contributed by atoms with Crippen LogP contribution in [-0.2, 0) is 23.8 Å². The predicted molar refractivity (Wildman–Crippen MR) is 279 cm³/mol. The second-order valence-corrected chi connectivity index (χ2v) is 18.1. The number of carbonyl (C=O) groups is 2. The van der Waals surface area contributed by atoms with E-state index in [-0.39, 0.29) is 25.2 Å². The number of rotatable bonds is 50. The number of unbranched alkanes of at least 4 members (excludes halogenated alkanes) is 27. The van der Waals surface area contributed by atoms with E-state index in [1.165, 1.54) is 141 Å². The standard InChI is InChI=1S/C59H104O5/c1-4-7-10-13-16-19-22-25-27-28-29-30-31-33-36-39-42-45-48-51-54-62-55-57(64-59(61)53-50-47-44-41-38-34-24-21-18-15-12-9-6-3)56-63-58(60)52-49-46-43-40-37-35-32-26-23-20-17-14-11-8-5-2/h7,10,16,19,25-27,29-30,32-33,36,57H,4-6,8-9,11-15,17-18,20-24,28,31,34-35,37-56H2,1-3H3/b10-7-,19-16-,27-25-,30-29-,32-26-,36-33-. The lowest BCUT2D eigenvalue weighted by Crippen LogP contribution is -2.30. The van der Waals surface area contributed by atoms with Crippen LogP contribution in [0.5, 0.6) is 0 Å². The quantitative estimate of drug-likeness (QED) is 0.0346. The fourth-order valence-electron chi connectivity index (χ4n) is 7.65. The predicted octanol–water partition coefficient (Wildman–Crippen LogP) is 18.7. The van der Waals surface area contributed by atoms with Gasteiger partial charge in [0.05, 0.1) is 6.61 Å². The van der Waals surface area contributed by atoms with Gasteiger partial charge >= 0.3 is 11.9 Å². The van der Waals surface area contributed by atoms with Crippen LogP contribution in [-0.4, -0.2) is 37.9 Å². The summed E-state index contributed by atoms with van der Waals surface area (Å²) in [6, 6.07) is 0. The first-order valence-corrected chi connectivity index (χ1v) is 27.5. The van der Waals surface area contributed by atoms with Gasteiger partial charge in [-0.05, 0) is 89.9 Å². The van der Waals surface area contributed by atoms with Gasteiger partial charge in [-0.15, -0.1) is 0 Å². The first-order chi connectivity index (χ1) is 31.6. The number of carbonyl (C=O) groups excluding carboxylic acids is 2. The van der Waals surface area contributed by atoms with Gasteiger partial charge in [0.1, 0.15) is 6.61 Å². The molecule has 0 aromatic heterocycles. The van der Waals surface area contributed by atoms with Crippen LogP contribution >= 0.6 is 0 Å². The lowest BCUT2D eigenvalue weighted by Gasteiger charge is -2.18. The molecule has 0 rings (SSSR count). The Balaban J connectivity index is 4.31. The summed E-state index contributed by atoms with van der Waals surface area (Å²) in [6.45, 7) is 7.67. The molecule has 0 aliphatic rings. The summed E-state index contributed by atoms with van der Waals surface area (Å²) in [5.41, 5.74) is 0. The maximum absolute atomic E-state index is 12.8.